The molecule has 1 aliphatic heterocycles. The van der Waals surface area contributed by atoms with Crippen molar-refractivity contribution in [2.45, 2.75) is 63.8 Å². The van der Waals surface area contributed by atoms with Crippen LogP contribution in [0.25, 0.3) is 0 Å². The first-order chi connectivity index (χ1) is 12.3. The quantitative estimate of drug-likeness (QED) is 0.678. The molecule has 1 fully saturated rings. The second kappa shape index (κ2) is 10.2. The molecule has 1 saturated heterocycles. The van der Waals surface area contributed by atoms with E-state index in [2.05, 4.69) is 10.6 Å². The van der Waals surface area contributed by atoms with Gasteiger partial charge >= 0.3 is 6.09 Å². The predicted octanol–water partition coefficient (Wildman–Crippen LogP) is 2.97. The standard InChI is InChI=1S/C20H32N2O3S/c1-20(2,3)25-19(24)22-17(13-15-7-5-4-6-8-15)18(23)14-21-16-9-11-26-12-10-16/h4-8,16-18,21,23H,9-14H2,1-3H3,(H,22,24)/t17-,18+/m0/s1. The molecule has 0 spiro atoms. The molecule has 26 heavy (non-hydrogen) atoms. The van der Waals surface area contributed by atoms with Crippen molar-refractivity contribution in [2.75, 3.05) is 18.1 Å². The number of carbonyl (C=O) groups excluding carboxylic acids is 1. The fourth-order valence-electron chi connectivity index (χ4n) is 2.94. The third-order valence-electron chi connectivity index (χ3n) is 4.30. The normalized spacial score (nSPS) is 18.2. The van der Waals surface area contributed by atoms with Gasteiger partial charge in [0.2, 0.25) is 0 Å². The number of amides is 1. The summed E-state index contributed by atoms with van der Waals surface area (Å²) in [6, 6.07) is 9.93. The van der Waals surface area contributed by atoms with Gasteiger partial charge in [0.05, 0.1) is 12.1 Å². The minimum atomic E-state index is -0.683. The van der Waals surface area contributed by atoms with Crippen molar-refractivity contribution in [3.8, 4) is 0 Å². The van der Waals surface area contributed by atoms with Crippen molar-refractivity contribution in [1.82, 2.24) is 10.6 Å². The fourth-order valence-corrected chi connectivity index (χ4v) is 4.05. The molecule has 0 aliphatic carbocycles. The van der Waals surface area contributed by atoms with E-state index in [9.17, 15) is 9.90 Å². The average molecular weight is 381 g/mol. The first-order valence-electron chi connectivity index (χ1n) is 9.36. The largest absolute Gasteiger partial charge is 0.444 e. The molecule has 6 heteroatoms. The zero-order chi connectivity index (χ0) is 19.0. The van der Waals surface area contributed by atoms with Crippen LogP contribution in [0.3, 0.4) is 0 Å². The van der Waals surface area contributed by atoms with Gasteiger partial charge in [0, 0.05) is 12.6 Å². The van der Waals surface area contributed by atoms with Crippen LogP contribution in [0.4, 0.5) is 4.79 Å². The van der Waals surface area contributed by atoms with E-state index in [1.165, 1.54) is 0 Å². The number of aliphatic hydroxyl groups is 1. The Kier molecular flexibility index (Phi) is 8.25. The second-order valence-corrected chi connectivity index (χ2v) is 9.03. The maximum Gasteiger partial charge on any atom is 0.407 e. The van der Waals surface area contributed by atoms with Crippen LogP contribution in [0.2, 0.25) is 0 Å². The summed E-state index contributed by atoms with van der Waals surface area (Å²) in [4.78, 5) is 12.2. The van der Waals surface area contributed by atoms with Gasteiger partial charge in [-0.25, -0.2) is 4.79 Å². The molecule has 146 valence electrons. The SMILES string of the molecule is CC(C)(C)OC(=O)N[C@@H](Cc1ccccc1)[C@H](O)CNC1CCSCC1. The molecule has 2 rings (SSSR count). The molecular weight excluding hydrogens is 348 g/mol. The molecule has 1 aliphatic rings. The van der Waals surface area contributed by atoms with Gasteiger partial charge in [-0.1, -0.05) is 30.3 Å². The van der Waals surface area contributed by atoms with Crippen LogP contribution in [0.1, 0.15) is 39.2 Å². The first kappa shape index (κ1) is 21.1. The molecule has 1 aromatic carbocycles. The summed E-state index contributed by atoms with van der Waals surface area (Å²) in [6.07, 6.45) is 1.63. The van der Waals surface area contributed by atoms with E-state index in [1.54, 1.807) is 0 Å². The number of thioether (sulfide) groups is 1. The summed E-state index contributed by atoms with van der Waals surface area (Å²) in [5, 5.41) is 17.0. The van der Waals surface area contributed by atoms with E-state index < -0.39 is 23.8 Å². The van der Waals surface area contributed by atoms with Crippen molar-refractivity contribution in [1.29, 1.82) is 0 Å². The van der Waals surface area contributed by atoms with Crippen molar-refractivity contribution in [2.24, 2.45) is 0 Å². The Morgan fingerprint density at radius 3 is 2.54 bits per heavy atom. The zero-order valence-electron chi connectivity index (χ0n) is 16.0. The summed E-state index contributed by atoms with van der Waals surface area (Å²) in [7, 11) is 0. The highest BCUT2D eigenvalue weighted by Gasteiger charge is 2.26. The maximum atomic E-state index is 12.2. The smallest absolute Gasteiger partial charge is 0.407 e. The lowest BCUT2D eigenvalue weighted by atomic mass is 10.0. The van der Waals surface area contributed by atoms with E-state index in [-0.39, 0.29) is 0 Å². The molecular formula is C20H32N2O3S. The number of nitrogens with one attached hydrogen (secondary N) is 2. The van der Waals surface area contributed by atoms with Gasteiger partial charge in [0.15, 0.2) is 0 Å². The summed E-state index contributed by atoms with van der Waals surface area (Å²) >= 11 is 1.98. The lowest BCUT2D eigenvalue weighted by molar-refractivity contribution is 0.0419. The average Bonchev–Trinajstić information content (AvgIpc) is 2.59. The number of benzene rings is 1. The molecule has 1 heterocycles. The minimum absolute atomic E-state index is 0.405. The van der Waals surface area contributed by atoms with Gasteiger partial charge in [-0.3, -0.25) is 0 Å². The Morgan fingerprint density at radius 1 is 1.27 bits per heavy atom. The van der Waals surface area contributed by atoms with Crippen LogP contribution in [0.15, 0.2) is 30.3 Å². The number of ether oxygens (including phenoxy) is 1. The van der Waals surface area contributed by atoms with E-state index >= 15 is 0 Å². The first-order valence-corrected chi connectivity index (χ1v) is 10.5. The van der Waals surface area contributed by atoms with Gasteiger partial charge in [-0.05, 0) is 57.1 Å². The molecule has 0 unspecified atom stereocenters. The third-order valence-corrected chi connectivity index (χ3v) is 5.35. The molecule has 0 aromatic heterocycles. The molecule has 5 nitrogen and oxygen atoms in total. The van der Waals surface area contributed by atoms with Crippen LogP contribution < -0.4 is 10.6 Å². The van der Waals surface area contributed by atoms with E-state index in [1.807, 2.05) is 62.9 Å². The molecule has 0 saturated carbocycles. The molecule has 1 aromatic rings. The highest BCUT2D eigenvalue weighted by molar-refractivity contribution is 7.99. The molecule has 0 radical (unpaired) electrons. The maximum absolute atomic E-state index is 12.2. The highest BCUT2D eigenvalue weighted by atomic mass is 32.2. The zero-order valence-corrected chi connectivity index (χ0v) is 16.8. The minimum Gasteiger partial charge on any atom is -0.444 e. The number of alkyl carbamates (subject to hydrolysis) is 1. The Balaban J connectivity index is 1.95. The number of rotatable bonds is 7. The fraction of sp³-hybridized carbons (Fsp3) is 0.650. The molecule has 2 atom stereocenters. The van der Waals surface area contributed by atoms with Crippen LogP contribution in [0.5, 0.6) is 0 Å². The lowest BCUT2D eigenvalue weighted by Gasteiger charge is -2.29. The van der Waals surface area contributed by atoms with Crippen LogP contribution >= 0.6 is 11.8 Å². The monoisotopic (exact) mass is 380 g/mol. The van der Waals surface area contributed by atoms with Crippen molar-refractivity contribution in [3.63, 3.8) is 0 Å². The lowest BCUT2D eigenvalue weighted by Crippen LogP contribution is -2.51. The number of hydrogen-bond acceptors (Lipinski definition) is 5. The predicted molar refractivity (Wildman–Crippen MR) is 108 cm³/mol. The van der Waals surface area contributed by atoms with Crippen LogP contribution in [0, 0.1) is 0 Å². The Hall–Kier alpha value is -1.24. The third kappa shape index (κ3) is 7.98. The Labute approximate surface area is 161 Å². The molecule has 1 amide bonds. The van der Waals surface area contributed by atoms with E-state index in [0.717, 1.165) is 29.9 Å². The van der Waals surface area contributed by atoms with Crippen molar-refractivity contribution >= 4 is 17.9 Å². The van der Waals surface area contributed by atoms with E-state index in [4.69, 9.17) is 4.74 Å². The van der Waals surface area contributed by atoms with E-state index in [0.29, 0.717) is 19.0 Å². The highest BCUT2D eigenvalue weighted by Crippen LogP contribution is 2.17. The summed E-state index contributed by atoms with van der Waals surface area (Å²) in [5.41, 5.74) is 0.506. The number of carbonyl (C=O) groups is 1. The van der Waals surface area contributed by atoms with Gasteiger partial charge in [0.1, 0.15) is 5.60 Å². The van der Waals surface area contributed by atoms with Crippen LogP contribution in [-0.2, 0) is 11.2 Å². The van der Waals surface area contributed by atoms with Crippen LogP contribution in [-0.4, -0.2) is 53.0 Å². The topological polar surface area (TPSA) is 70.6 Å². The molecule has 0 bridgehead atoms. The summed E-state index contributed by atoms with van der Waals surface area (Å²) in [5.74, 6) is 2.33. The second-order valence-electron chi connectivity index (χ2n) is 7.80. The number of aliphatic hydroxyl groups excluding tert-OH is 1. The molecule has 3 N–H and O–H groups in total. The Bertz CT molecular complexity index is 542. The van der Waals surface area contributed by atoms with Gasteiger partial charge in [-0.2, -0.15) is 11.8 Å². The van der Waals surface area contributed by atoms with Crippen molar-refractivity contribution in [3.05, 3.63) is 35.9 Å². The van der Waals surface area contributed by atoms with Gasteiger partial charge in [-0.15, -0.1) is 0 Å². The summed E-state index contributed by atoms with van der Waals surface area (Å²) in [6.45, 7) is 5.95. The van der Waals surface area contributed by atoms with Gasteiger partial charge in [0.25, 0.3) is 0 Å². The van der Waals surface area contributed by atoms with Gasteiger partial charge < -0.3 is 20.5 Å². The number of hydrogen-bond donors (Lipinski definition) is 3. The summed E-state index contributed by atoms with van der Waals surface area (Å²) < 4.78 is 5.37. The Morgan fingerprint density at radius 2 is 1.92 bits per heavy atom. The van der Waals surface area contributed by atoms with Crippen molar-refractivity contribution < 1.29 is 14.6 Å².